The molecule has 0 radical (unpaired) electrons. The number of nitrogens with one attached hydrogen (secondary N) is 1. The van der Waals surface area contributed by atoms with Crippen molar-refractivity contribution in [3.05, 3.63) is 34.6 Å². The number of aromatic nitrogens is 3. The van der Waals surface area contributed by atoms with Crippen LogP contribution in [0.15, 0.2) is 23.4 Å². The van der Waals surface area contributed by atoms with Gasteiger partial charge in [-0.1, -0.05) is 23.4 Å². The van der Waals surface area contributed by atoms with Crippen molar-refractivity contribution in [3.63, 3.8) is 0 Å². The summed E-state index contributed by atoms with van der Waals surface area (Å²) in [4.78, 5) is 12.2. The van der Waals surface area contributed by atoms with Crippen LogP contribution in [-0.4, -0.2) is 25.9 Å². The van der Waals surface area contributed by atoms with Crippen LogP contribution in [0.4, 0.5) is 32.0 Å². The van der Waals surface area contributed by atoms with E-state index in [-0.39, 0.29) is 10.2 Å². The van der Waals surface area contributed by atoms with Crippen LogP contribution in [0.2, 0.25) is 5.02 Å². The summed E-state index contributed by atoms with van der Waals surface area (Å²) in [6.45, 7) is 1.31. The number of rotatable bonds is 4. The Hall–Kier alpha value is -1.95. The van der Waals surface area contributed by atoms with E-state index in [9.17, 15) is 31.1 Å². The molecule has 0 spiro atoms. The number of anilines is 1. The van der Waals surface area contributed by atoms with Gasteiger partial charge in [0.25, 0.3) is 0 Å². The summed E-state index contributed by atoms with van der Waals surface area (Å²) in [5, 5.41) is 7.05. The minimum absolute atomic E-state index is 0.165. The first-order valence-electron chi connectivity index (χ1n) is 7.11. The first-order valence-corrected chi connectivity index (χ1v) is 8.37. The molecule has 0 aliphatic rings. The Balaban J connectivity index is 2.17. The number of amides is 1. The molecule has 0 aliphatic carbocycles. The topological polar surface area (TPSA) is 59.8 Å². The van der Waals surface area contributed by atoms with E-state index < -0.39 is 40.6 Å². The third-order valence-corrected chi connectivity index (χ3v) is 4.65. The molecule has 2 aromatic rings. The SMILES string of the molecule is CC(Sc1nnc(C(F)(F)F)n1C)C(=O)Nc1ccc(Cl)cc1C(F)(F)F. The number of alkyl halides is 6. The van der Waals surface area contributed by atoms with E-state index in [4.69, 9.17) is 11.6 Å². The third-order valence-electron chi connectivity index (χ3n) is 3.28. The fourth-order valence-electron chi connectivity index (χ4n) is 1.97. The van der Waals surface area contributed by atoms with Crippen LogP contribution in [0.1, 0.15) is 18.3 Å². The van der Waals surface area contributed by atoms with Crippen molar-refractivity contribution in [1.82, 2.24) is 14.8 Å². The summed E-state index contributed by atoms with van der Waals surface area (Å²) >= 11 is 6.18. The smallest absolute Gasteiger partial charge is 0.325 e. The first-order chi connectivity index (χ1) is 12.3. The molecule has 0 aliphatic heterocycles. The van der Waals surface area contributed by atoms with Gasteiger partial charge in [-0.3, -0.25) is 4.79 Å². The Morgan fingerprint density at radius 2 is 1.81 bits per heavy atom. The number of carbonyl (C=O) groups is 1. The fraction of sp³-hybridized carbons (Fsp3) is 0.357. The van der Waals surface area contributed by atoms with Crippen LogP contribution in [0, 0.1) is 0 Å². The molecule has 0 saturated carbocycles. The number of hydrogen-bond donors (Lipinski definition) is 1. The molecule has 1 aromatic heterocycles. The Morgan fingerprint density at radius 1 is 1.19 bits per heavy atom. The van der Waals surface area contributed by atoms with Crippen LogP contribution >= 0.6 is 23.4 Å². The van der Waals surface area contributed by atoms with Gasteiger partial charge in [0.1, 0.15) is 0 Å². The van der Waals surface area contributed by atoms with Gasteiger partial charge in [-0.2, -0.15) is 26.3 Å². The molecule has 0 fully saturated rings. The van der Waals surface area contributed by atoms with Gasteiger partial charge in [0.05, 0.1) is 16.5 Å². The highest BCUT2D eigenvalue weighted by Crippen LogP contribution is 2.37. The van der Waals surface area contributed by atoms with Crippen molar-refractivity contribution in [3.8, 4) is 0 Å². The summed E-state index contributed by atoms with van der Waals surface area (Å²) < 4.78 is 77.9. The van der Waals surface area contributed by atoms with Crippen molar-refractivity contribution in [2.24, 2.45) is 7.05 Å². The lowest BCUT2D eigenvalue weighted by Crippen LogP contribution is -2.24. The fourth-order valence-corrected chi connectivity index (χ4v) is 2.96. The lowest BCUT2D eigenvalue weighted by atomic mass is 10.1. The van der Waals surface area contributed by atoms with Gasteiger partial charge >= 0.3 is 12.4 Å². The second-order valence-electron chi connectivity index (χ2n) is 5.30. The van der Waals surface area contributed by atoms with Crippen LogP contribution in [-0.2, 0) is 24.2 Å². The summed E-state index contributed by atoms with van der Waals surface area (Å²) in [5.41, 5.74) is -1.66. The molecule has 5 nitrogen and oxygen atoms in total. The van der Waals surface area contributed by atoms with E-state index in [1.54, 1.807) is 0 Å². The van der Waals surface area contributed by atoms with E-state index in [2.05, 4.69) is 15.5 Å². The average Bonchev–Trinajstić information content (AvgIpc) is 2.89. The molecule has 2 rings (SSSR count). The molecule has 1 unspecified atom stereocenters. The minimum atomic E-state index is -4.75. The number of halogens is 7. The maximum Gasteiger partial charge on any atom is 0.451 e. The normalized spacial score (nSPS) is 13.5. The zero-order valence-corrected chi connectivity index (χ0v) is 15.2. The lowest BCUT2D eigenvalue weighted by molar-refractivity contribution is -0.147. The Kier molecular flexibility index (Phi) is 6.00. The molecule has 1 amide bonds. The van der Waals surface area contributed by atoms with Crippen molar-refractivity contribution in [2.45, 2.75) is 29.7 Å². The van der Waals surface area contributed by atoms with E-state index in [0.717, 1.165) is 13.1 Å². The van der Waals surface area contributed by atoms with Crippen LogP contribution in [0.5, 0.6) is 0 Å². The van der Waals surface area contributed by atoms with E-state index in [1.165, 1.54) is 13.0 Å². The lowest BCUT2D eigenvalue weighted by Gasteiger charge is -2.16. The zero-order chi connectivity index (χ0) is 20.6. The predicted octanol–water partition coefficient (Wildman–Crippen LogP) is 4.63. The molecular weight excluding hydrogens is 422 g/mol. The second kappa shape index (κ2) is 7.58. The largest absolute Gasteiger partial charge is 0.451 e. The summed E-state index contributed by atoms with van der Waals surface area (Å²) in [6.07, 6.45) is -9.48. The molecule has 1 atom stereocenters. The summed E-state index contributed by atoms with van der Waals surface area (Å²) in [7, 11) is 1.07. The van der Waals surface area contributed by atoms with Gasteiger partial charge in [-0.15, -0.1) is 10.2 Å². The number of benzene rings is 1. The maximum absolute atomic E-state index is 13.1. The molecule has 0 saturated heterocycles. The molecule has 1 aromatic carbocycles. The van der Waals surface area contributed by atoms with Crippen LogP contribution in [0.25, 0.3) is 0 Å². The molecule has 0 bridgehead atoms. The van der Waals surface area contributed by atoms with E-state index in [0.29, 0.717) is 22.4 Å². The van der Waals surface area contributed by atoms with Gasteiger partial charge in [0.15, 0.2) is 5.16 Å². The second-order valence-corrected chi connectivity index (χ2v) is 7.04. The Morgan fingerprint density at radius 3 is 2.33 bits per heavy atom. The Labute approximate surface area is 158 Å². The van der Waals surface area contributed by atoms with Crippen molar-refractivity contribution in [2.75, 3.05) is 5.32 Å². The zero-order valence-electron chi connectivity index (χ0n) is 13.6. The Bertz CT molecular complexity index is 851. The van der Waals surface area contributed by atoms with Crippen molar-refractivity contribution >= 4 is 35.0 Å². The number of nitrogens with zero attached hydrogens (tertiary/aromatic N) is 3. The molecule has 27 heavy (non-hydrogen) atoms. The highest BCUT2D eigenvalue weighted by Gasteiger charge is 2.38. The van der Waals surface area contributed by atoms with Crippen LogP contribution < -0.4 is 5.32 Å². The molecule has 1 N–H and O–H groups in total. The predicted molar refractivity (Wildman–Crippen MR) is 86.4 cm³/mol. The first kappa shape index (κ1) is 21.4. The highest BCUT2D eigenvalue weighted by molar-refractivity contribution is 8.00. The minimum Gasteiger partial charge on any atom is -0.325 e. The van der Waals surface area contributed by atoms with Gasteiger partial charge in [-0.25, -0.2) is 0 Å². The molecule has 1 heterocycles. The van der Waals surface area contributed by atoms with Gasteiger partial charge in [-0.05, 0) is 25.1 Å². The standard InChI is InChI=1S/C14H11ClF6N4OS/c1-6(27-12-24-23-11(25(12)2)14(19,20)21)10(26)22-9-4-3-7(15)5-8(9)13(16,17)18/h3-6H,1-2H3,(H,22,26). The summed E-state index contributed by atoms with van der Waals surface area (Å²) in [5.74, 6) is -2.11. The number of thioether (sulfide) groups is 1. The molecular formula is C14H11ClF6N4OS. The quantitative estimate of drug-likeness (QED) is 0.565. The van der Waals surface area contributed by atoms with Gasteiger partial charge in [0.2, 0.25) is 11.7 Å². The molecule has 13 heteroatoms. The number of carbonyl (C=O) groups excluding carboxylic acids is 1. The van der Waals surface area contributed by atoms with Crippen molar-refractivity contribution in [1.29, 1.82) is 0 Å². The summed E-state index contributed by atoms with van der Waals surface area (Å²) in [6, 6.07) is 2.82. The maximum atomic E-state index is 13.1. The molecule has 148 valence electrons. The van der Waals surface area contributed by atoms with Crippen molar-refractivity contribution < 1.29 is 31.1 Å². The van der Waals surface area contributed by atoms with Gasteiger partial charge < -0.3 is 9.88 Å². The highest BCUT2D eigenvalue weighted by atomic mass is 35.5. The van der Waals surface area contributed by atoms with E-state index in [1.807, 2.05) is 0 Å². The van der Waals surface area contributed by atoms with Crippen LogP contribution in [0.3, 0.4) is 0 Å². The average molecular weight is 433 g/mol. The number of hydrogen-bond acceptors (Lipinski definition) is 4. The monoisotopic (exact) mass is 432 g/mol. The van der Waals surface area contributed by atoms with E-state index >= 15 is 0 Å². The van der Waals surface area contributed by atoms with Gasteiger partial charge in [0, 0.05) is 12.1 Å². The third kappa shape index (κ3) is 5.06.